The van der Waals surface area contributed by atoms with E-state index in [2.05, 4.69) is 0 Å². The standard InChI is InChI=1S/C9H19NO3S/c1-4-9-7-10(5-6-13-9)14(11,12)8(2)3/h8-9H,4-7H2,1-3H3. The number of nitrogens with zero attached hydrogens (tertiary/aromatic N) is 1. The topological polar surface area (TPSA) is 46.6 Å². The molecule has 1 aliphatic rings. The Morgan fingerprint density at radius 1 is 1.50 bits per heavy atom. The molecule has 0 amide bonds. The maximum Gasteiger partial charge on any atom is 0.216 e. The zero-order chi connectivity index (χ0) is 10.8. The molecule has 14 heavy (non-hydrogen) atoms. The second kappa shape index (κ2) is 4.59. The predicted octanol–water partition coefficient (Wildman–Crippen LogP) is 0.835. The van der Waals surface area contributed by atoms with Gasteiger partial charge in [-0.15, -0.1) is 0 Å². The highest BCUT2D eigenvalue weighted by Crippen LogP contribution is 2.15. The lowest BCUT2D eigenvalue weighted by molar-refractivity contribution is -0.00296. The van der Waals surface area contributed by atoms with Gasteiger partial charge in [-0.25, -0.2) is 8.42 Å². The molecule has 84 valence electrons. The van der Waals surface area contributed by atoms with E-state index >= 15 is 0 Å². The lowest BCUT2D eigenvalue weighted by atomic mass is 10.2. The van der Waals surface area contributed by atoms with Crippen molar-refractivity contribution in [3.63, 3.8) is 0 Å². The average molecular weight is 221 g/mol. The van der Waals surface area contributed by atoms with Gasteiger partial charge in [0.2, 0.25) is 10.0 Å². The van der Waals surface area contributed by atoms with Gasteiger partial charge in [0.1, 0.15) is 0 Å². The smallest absolute Gasteiger partial charge is 0.216 e. The fourth-order valence-electron chi connectivity index (χ4n) is 1.47. The third-order valence-corrected chi connectivity index (χ3v) is 4.76. The van der Waals surface area contributed by atoms with Gasteiger partial charge in [0.25, 0.3) is 0 Å². The van der Waals surface area contributed by atoms with Crippen molar-refractivity contribution < 1.29 is 13.2 Å². The molecular formula is C9H19NO3S. The van der Waals surface area contributed by atoms with Crippen LogP contribution in [0.5, 0.6) is 0 Å². The summed E-state index contributed by atoms with van der Waals surface area (Å²) in [6.07, 6.45) is 0.932. The predicted molar refractivity (Wildman–Crippen MR) is 55.7 cm³/mol. The van der Waals surface area contributed by atoms with Gasteiger partial charge < -0.3 is 4.74 Å². The summed E-state index contributed by atoms with van der Waals surface area (Å²) >= 11 is 0. The third-order valence-electron chi connectivity index (χ3n) is 2.51. The molecule has 1 unspecified atom stereocenters. The third kappa shape index (κ3) is 2.46. The molecule has 0 aromatic rings. The summed E-state index contributed by atoms with van der Waals surface area (Å²) in [5.41, 5.74) is 0. The van der Waals surface area contributed by atoms with Crippen LogP contribution in [-0.2, 0) is 14.8 Å². The molecule has 1 heterocycles. The molecular weight excluding hydrogens is 202 g/mol. The fraction of sp³-hybridized carbons (Fsp3) is 1.00. The largest absolute Gasteiger partial charge is 0.375 e. The minimum Gasteiger partial charge on any atom is -0.375 e. The molecule has 0 aromatic carbocycles. The van der Waals surface area contributed by atoms with E-state index in [1.807, 2.05) is 6.92 Å². The van der Waals surface area contributed by atoms with Crippen molar-refractivity contribution >= 4 is 10.0 Å². The van der Waals surface area contributed by atoms with Gasteiger partial charge in [-0.3, -0.25) is 0 Å². The van der Waals surface area contributed by atoms with E-state index < -0.39 is 10.0 Å². The highest BCUT2D eigenvalue weighted by molar-refractivity contribution is 7.89. The van der Waals surface area contributed by atoms with Crippen molar-refractivity contribution in [2.24, 2.45) is 0 Å². The molecule has 1 aliphatic heterocycles. The molecule has 1 atom stereocenters. The molecule has 0 saturated carbocycles. The van der Waals surface area contributed by atoms with Crippen LogP contribution in [0.1, 0.15) is 27.2 Å². The molecule has 0 aliphatic carbocycles. The van der Waals surface area contributed by atoms with Crippen LogP contribution in [0.2, 0.25) is 0 Å². The first-order valence-electron chi connectivity index (χ1n) is 5.09. The quantitative estimate of drug-likeness (QED) is 0.709. The van der Waals surface area contributed by atoms with Gasteiger partial charge in [0, 0.05) is 13.1 Å². The van der Waals surface area contributed by atoms with E-state index in [0.29, 0.717) is 19.7 Å². The molecule has 0 N–H and O–H groups in total. The summed E-state index contributed by atoms with van der Waals surface area (Å²) in [4.78, 5) is 0. The fourth-order valence-corrected chi connectivity index (χ4v) is 2.77. The van der Waals surface area contributed by atoms with Crippen LogP contribution >= 0.6 is 0 Å². The highest BCUT2D eigenvalue weighted by atomic mass is 32.2. The minimum absolute atomic E-state index is 0.0669. The molecule has 5 heteroatoms. The molecule has 0 bridgehead atoms. The van der Waals surface area contributed by atoms with Crippen molar-refractivity contribution in [3.8, 4) is 0 Å². The first-order valence-corrected chi connectivity index (χ1v) is 6.59. The number of hydrogen-bond acceptors (Lipinski definition) is 3. The summed E-state index contributed by atoms with van der Waals surface area (Å²) in [6, 6.07) is 0. The molecule has 0 aromatic heterocycles. The number of sulfonamides is 1. The molecule has 1 saturated heterocycles. The summed E-state index contributed by atoms with van der Waals surface area (Å²) in [5.74, 6) is 0. The highest BCUT2D eigenvalue weighted by Gasteiger charge is 2.30. The average Bonchev–Trinajstić information content (AvgIpc) is 2.17. The molecule has 1 fully saturated rings. The Morgan fingerprint density at radius 2 is 2.14 bits per heavy atom. The molecule has 0 radical (unpaired) electrons. The van der Waals surface area contributed by atoms with Crippen LogP contribution in [0, 0.1) is 0 Å². The van der Waals surface area contributed by atoms with Crippen molar-refractivity contribution in [3.05, 3.63) is 0 Å². The normalized spacial score (nSPS) is 25.6. The Kier molecular flexibility index (Phi) is 3.92. The van der Waals surface area contributed by atoms with Gasteiger partial charge >= 0.3 is 0 Å². The Morgan fingerprint density at radius 3 is 2.64 bits per heavy atom. The number of rotatable bonds is 3. The molecule has 4 nitrogen and oxygen atoms in total. The summed E-state index contributed by atoms with van der Waals surface area (Å²) in [6.45, 7) is 6.96. The van der Waals surface area contributed by atoms with E-state index in [9.17, 15) is 8.42 Å². The molecule has 1 rings (SSSR count). The number of ether oxygens (including phenoxy) is 1. The first kappa shape index (κ1) is 11.9. The van der Waals surface area contributed by atoms with Crippen molar-refractivity contribution in [2.75, 3.05) is 19.7 Å². The first-order chi connectivity index (χ1) is 6.48. The summed E-state index contributed by atoms with van der Waals surface area (Å²) in [5, 5.41) is -0.335. The van der Waals surface area contributed by atoms with Crippen molar-refractivity contribution in [1.29, 1.82) is 0 Å². The van der Waals surface area contributed by atoms with E-state index in [0.717, 1.165) is 6.42 Å². The van der Waals surface area contributed by atoms with E-state index in [-0.39, 0.29) is 11.4 Å². The van der Waals surface area contributed by atoms with Crippen LogP contribution in [0.4, 0.5) is 0 Å². The van der Waals surface area contributed by atoms with Crippen LogP contribution < -0.4 is 0 Å². The maximum absolute atomic E-state index is 11.8. The van der Waals surface area contributed by atoms with Gasteiger partial charge in [-0.2, -0.15) is 4.31 Å². The Hall–Kier alpha value is -0.130. The Bertz CT molecular complexity index is 274. The van der Waals surface area contributed by atoms with Crippen LogP contribution in [0.3, 0.4) is 0 Å². The monoisotopic (exact) mass is 221 g/mol. The minimum atomic E-state index is -3.09. The summed E-state index contributed by atoms with van der Waals surface area (Å²) < 4.78 is 30.6. The van der Waals surface area contributed by atoms with Gasteiger partial charge in [0.15, 0.2) is 0 Å². The van der Waals surface area contributed by atoms with Crippen molar-refractivity contribution in [1.82, 2.24) is 4.31 Å². The number of morpholine rings is 1. The SMILES string of the molecule is CCC1CN(S(=O)(=O)C(C)C)CCO1. The zero-order valence-corrected chi connectivity index (χ0v) is 9.88. The van der Waals surface area contributed by atoms with Crippen LogP contribution in [0.25, 0.3) is 0 Å². The second-order valence-electron chi connectivity index (χ2n) is 3.85. The van der Waals surface area contributed by atoms with Crippen molar-refractivity contribution in [2.45, 2.75) is 38.5 Å². The number of hydrogen-bond donors (Lipinski definition) is 0. The Balaban J connectivity index is 2.69. The van der Waals surface area contributed by atoms with E-state index in [1.54, 1.807) is 18.2 Å². The summed E-state index contributed by atoms with van der Waals surface area (Å²) in [7, 11) is -3.09. The maximum atomic E-state index is 11.8. The Labute approximate surface area is 86.3 Å². The lowest BCUT2D eigenvalue weighted by Crippen LogP contribution is -2.47. The second-order valence-corrected chi connectivity index (χ2v) is 6.34. The van der Waals surface area contributed by atoms with Gasteiger partial charge in [-0.1, -0.05) is 6.92 Å². The van der Waals surface area contributed by atoms with Gasteiger partial charge in [-0.05, 0) is 20.3 Å². The van der Waals surface area contributed by atoms with E-state index in [1.165, 1.54) is 0 Å². The van der Waals surface area contributed by atoms with Crippen LogP contribution in [-0.4, -0.2) is 43.8 Å². The van der Waals surface area contributed by atoms with E-state index in [4.69, 9.17) is 4.74 Å². The van der Waals surface area contributed by atoms with Crippen LogP contribution in [0.15, 0.2) is 0 Å². The zero-order valence-electron chi connectivity index (χ0n) is 9.06. The van der Waals surface area contributed by atoms with Gasteiger partial charge in [0.05, 0.1) is 18.0 Å². The molecule has 0 spiro atoms. The lowest BCUT2D eigenvalue weighted by Gasteiger charge is -2.32.